The molecule has 8 nitrogen and oxygen atoms in total. The maximum atomic E-state index is 13.1. The Hall–Kier alpha value is -1.32. The van der Waals surface area contributed by atoms with Crippen LogP contribution in [0.1, 0.15) is 58.8 Å². The van der Waals surface area contributed by atoms with Gasteiger partial charge >= 0.3 is 41.5 Å². The summed E-state index contributed by atoms with van der Waals surface area (Å²) in [5, 5.41) is 31.6. The summed E-state index contributed by atoms with van der Waals surface area (Å²) in [4.78, 5) is 47.4. The fourth-order valence-corrected chi connectivity index (χ4v) is 7.34. The molecule has 0 heterocycles. The van der Waals surface area contributed by atoms with Gasteiger partial charge in [-0.15, -0.1) is 0 Å². The van der Waals surface area contributed by atoms with E-state index in [2.05, 4.69) is 6.92 Å². The van der Waals surface area contributed by atoms with Gasteiger partial charge in [-0.3, -0.25) is 19.2 Å². The number of ether oxygens (including phenoxy) is 1. The van der Waals surface area contributed by atoms with E-state index in [4.69, 9.17) is 9.84 Å². The van der Waals surface area contributed by atoms with E-state index in [0.717, 1.165) is 18.4 Å². The Balaban J connectivity index is 0.00000324. The number of aliphatic carboxylic acids is 1. The molecule has 4 aliphatic carbocycles. The van der Waals surface area contributed by atoms with Crippen molar-refractivity contribution in [3.05, 3.63) is 23.8 Å². The molecule has 7 atom stereocenters. The van der Waals surface area contributed by atoms with Crippen LogP contribution in [0.4, 0.5) is 0 Å². The van der Waals surface area contributed by atoms with E-state index in [-0.39, 0.29) is 78.8 Å². The molecule has 0 aromatic carbocycles. The van der Waals surface area contributed by atoms with E-state index in [9.17, 15) is 29.4 Å². The summed E-state index contributed by atoms with van der Waals surface area (Å²) in [7, 11) is 0. The van der Waals surface area contributed by atoms with Crippen LogP contribution in [0.25, 0.3) is 0 Å². The summed E-state index contributed by atoms with van der Waals surface area (Å²) in [6, 6.07) is 0. The number of carboxylic acid groups (broad SMARTS) is 1. The van der Waals surface area contributed by atoms with Crippen molar-refractivity contribution in [2.24, 2.45) is 28.6 Å². The summed E-state index contributed by atoms with van der Waals surface area (Å²) in [5.74, 6) is -2.58. The van der Waals surface area contributed by atoms with E-state index >= 15 is 0 Å². The van der Waals surface area contributed by atoms with Gasteiger partial charge in [-0.2, -0.15) is 0 Å². The van der Waals surface area contributed by atoms with Gasteiger partial charge in [0.15, 0.2) is 12.4 Å². The maximum absolute atomic E-state index is 13.1. The number of Topliss-reactive ketones (excluding diaryl/α,β-unsaturated/α-hetero) is 1. The van der Waals surface area contributed by atoms with E-state index in [1.807, 2.05) is 13.0 Å². The van der Waals surface area contributed by atoms with Gasteiger partial charge in [0.05, 0.1) is 18.9 Å². The first kappa shape index (κ1) is 27.3. The molecule has 180 valence electrons. The number of aliphatic hydroxyl groups excluding tert-OH is 1. The zero-order valence-electron chi connectivity index (χ0n) is 20.1. The van der Waals surface area contributed by atoms with E-state index < -0.39 is 46.9 Å². The first-order valence-electron chi connectivity index (χ1n) is 11.7. The topological polar surface area (TPSA) is 138 Å². The third-order valence-corrected chi connectivity index (χ3v) is 9.02. The van der Waals surface area contributed by atoms with Crippen LogP contribution >= 0.6 is 0 Å². The number of fused-ring (bicyclic) bond motifs is 5. The maximum Gasteiger partial charge on any atom is 1.00 e. The largest absolute Gasteiger partial charge is 1.00 e. The molecule has 3 fully saturated rings. The third-order valence-electron chi connectivity index (χ3n) is 9.02. The second-order valence-corrected chi connectivity index (χ2v) is 10.6. The minimum atomic E-state index is -1.73. The predicted molar refractivity (Wildman–Crippen MR) is 116 cm³/mol. The van der Waals surface area contributed by atoms with E-state index in [1.54, 1.807) is 12.2 Å². The van der Waals surface area contributed by atoms with Crippen LogP contribution in [0.15, 0.2) is 23.8 Å². The Bertz CT molecular complexity index is 957. The number of ketones is 2. The summed E-state index contributed by atoms with van der Waals surface area (Å²) in [5.41, 5.74) is -1.99. The molecule has 0 aliphatic heterocycles. The molecule has 7 unspecified atom stereocenters. The monoisotopic (exact) mass is 483 g/mol. The zero-order valence-corrected chi connectivity index (χ0v) is 22.1. The first-order valence-corrected chi connectivity index (χ1v) is 11.7. The molecule has 0 spiro atoms. The molecule has 0 aromatic heterocycles. The smallest absolute Gasteiger partial charge is 0.481 e. The molecule has 4 aliphatic rings. The molecule has 0 bridgehead atoms. The molecule has 0 saturated heterocycles. The Morgan fingerprint density at radius 2 is 1.88 bits per heavy atom. The van der Waals surface area contributed by atoms with Gasteiger partial charge in [-0.1, -0.05) is 25.5 Å². The van der Waals surface area contributed by atoms with Crippen molar-refractivity contribution < 1.29 is 68.8 Å². The summed E-state index contributed by atoms with van der Waals surface area (Å²) >= 11 is 0. The van der Waals surface area contributed by atoms with Crippen molar-refractivity contribution in [2.75, 3.05) is 6.61 Å². The number of carbonyl (C=O) groups excluding carboxylic acids is 3. The fourth-order valence-electron chi connectivity index (χ4n) is 7.34. The van der Waals surface area contributed by atoms with Crippen LogP contribution < -0.4 is 29.6 Å². The summed E-state index contributed by atoms with van der Waals surface area (Å²) in [6.45, 7) is 3.30. The van der Waals surface area contributed by atoms with Crippen LogP contribution in [0, 0.1) is 28.6 Å². The van der Waals surface area contributed by atoms with Crippen molar-refractivity contribution in [3.63, 3.8) is 0 Å². The van der Waals surface area contributed by atoms with Crippen molar-refractivity contribution in [2.45, 2.75) is 70.5 Å². The number of hydrogen-bond acceptors (Lipinski definition) is 7. The SMILES string of the molecule is CC12C=CC(=O)C=C1CCC1C2C(O)CC2(C)C1CCC2(O)C(=O)COC(=O)CCC(=O)O.[Na+]. The molecule has 9 heteroatoms. The second kappa shape index (κ2) is 9.62. The van der Waals surface area contributed by atoms with Crippen molar-refractivity contribution >= 4 is 23.5 Å². The quantitative estimate of drug-likeness (QED) is 0.322. The number of aliphatic hydroxyl groups is 2. The molecular weight excluding hydrogens is 451 g/mol. The molecule has 0 amide bonds. The standard InChI is InChI=1S/C25H32O8.Na/c1-23-9-7-15(26)11-14(23)3-4-16-17-8-10-25(32,24(17,2)12-18(27)22(16)23)19(28)13-33-21(31)6-5-20(29)30;/h7,9,11,16-18,22,27,32H,3-6,8,10,12-13H2,1-2H3,(H,29,30);/q;+1. The van der Waals surface area contributed by atoms with Crippen LogP contribution in [-0.2, 0) is 23.9 Å². The second-order valence-electron chi connectivity index (χ2n) is 10.6. The minimum Gasteiger partial charge on any atom is -0.481 e. The minimum absolute atomic E-state index is 0. The van der Waals surface area contributed by atoms with Crippen LogP contribution in [-0.4, -0.2) is 57.1 Å². The zero-order chi connectivity index (χ0) is 24.2. The van der Waals surface area contributed by atoms with Gasteiger partial charge in [0.2, 0.25) is 5.78 Å². The molecule has 0 radical (unpaired) electrons. The van der Waals surface area contributed by atoms with Crippen LogP contribution in [0.3, 0.4) is 0 Å². The van der Waals surface area contributed by atoms with Gasteiger partial charge < -0.3 is 20.1 Å². The normalized spacial score (nSPS) is 40.2. The van der Waals surface area contributed by atoms with Gasteiger partial charge in [-0.05, 0) is 56.1 Å². The molecule has 0 aromatic rings. The Labute approximate surface area is 221 Å². The number of esters is 1. The Kier molecular flexibility index (Phi) is 7.71. The van der Waals surface area contributed by atoms with Gasteiger partial charge in [0.25, 0.3) is 0 Å². The van der Waals surface area contributed by atoms with Crippen molar-refractivity contribution in [1.82, 2.24) is 0 Å². The number of rotatable bonds is 6. The predicted octanol–water partition coefficient (Wildman–Crippen LogP) is -1.02. The van der Waals surface area contributed by atoms with E-state index in [0.29, 0.717) is 6.42 Å². The fraction of sp³-hybridized carbons (Fsp3) is 0.680. The van der Waals surface area contributed by atoms with Gasteiger partial charge in [0, 0.05) is 16.7 Å². The molecule has 34 heavy (non-hydrogen) atoms. The number of hydrogen-bond donors (Lipinski definition) is 3. The Morgan fingerprint density at radius 1 is 1.18 bits per heavy atom. The van der Waals surface area contributed by atoms with Crippen LogP contribution in [0.2, 0.25) is 0 Å². The molecule has 4 rings (SSSR count). The third kappa shape index (κ3) is 4.26. The molecule has 3 N–H and O–H groups in total. The van der Waals surface area contributed by atoms with Gasteiger partial charge in [-0.25, -0.2) is 0 Å². The van der Waals surface area contributed by atoms with Crippen molar-refractivity contribution in [3.8, 4) is 0 Å². The summed E-state index contributed by atoms with van der Waals surface area (Å²) in [6.07, 6.45) is 6.27. The molecule has 3 saturated carbocycles. The average molecular weight is 484 g/mol. The Morgan fingerprint density at radius 3 is 2.56 bits per heavy atom. The molecular formula is C25H32NaO8+. The average Bonchev–Trinajstić information content (AvgIpc) is 3.02. The van der Waals surface area contributed by atoms with E-state index in [1.165, 1.54) is 0 Å². The number of carbonyl (C=O) groups is 4. The van der Waals surface area contributed by atoms with Gasteiger partial charge in [0.1, 0.15) is 5.60 Å². The number of allylic oxidation sites excluding steroid dienone is 4. The van der Waals surface area contributed by atoms with Crippen molar-refractivity contribution in [1.29, 1.82) is 0 Å². The van der Waals surface area contributed by atoms with Crippen LogP contribution in [0.5, 0.6) is 0 Å². The first-order chi connectivity index (χ1) is 15.4. The summed E-state index contributed by atoms with van der Waals surface area (Å²) < 4.78 is 4.96. The number of carboxylic acids is 1.